The highest BCUT2D eigenvalue weighted by Crippen LogP contribution is 2.35. The highest BCUT2D eigenvalue weighted by Gasteiger charge is 2.11. The number of anilines is 2. The molecule has 1 heterocycles. The van der Waals surface area contributed by atoms with E-state index in [1.165, 1.54) is 0 Å². The molecule has 0 aliphatic rings. The van der Waals surface area contributed by atoms with Gasteiger partial charge in [0.25, 0.3) is 0 Å². The van der Waals surface area contributed by atoms with Crippen LogP contribution in [0.4, 0.5) is 11.7 Å². The van der Waals surface area contributed by atoms with E-state index in [4.69, 9.17) is 9.15 Å². The second kappa shape index (κ2) is 8.23. The van der Waals surface area contributed by atoms with E-state index in [2.05, 4.69) is 68.6 Å². The lowest BCUT2D eigenvalue weighted by molar-refractivity contribution is 0.198. The second-order valence-corrected chi connectivity index (χ2v) is 6.66. The molecular weight excluding hydrogens is 472 g/mol. The van der Waals surface area contributed by atoms with E-state index < -0.39 is 0 Å². The third-order valence-corrected chi connectivity index (χ3v) is 4.17. The lowest BCUT2D eigenvalue weighted by Gasteiger charge is -2.07. The maximum atomic E-state index is 5.52. The van der Waals surface area contributed by atoms with Crippen LogP contribution in [0.5, 0.6) is 0 Å². The Morgan fingerprint density at radius 2 is 1.90 bits per heavy atom. The van der Waals surface area contributed by atoms with Gasteiger partial charge in [0.2, 0.25) is 5.89 Å². The number of ether oxygens (including phenoxy) is 1. The van der Waals surface area contributed by atoms with Gasteiger partial charge in [0, 0.05) is 27.1 Å². The molecule has 0 saturated heterocycles. The first kappa shape index (κ1) is 16.9. The van der Waals surface area contributed by atoms with Gasteiger partial charge in [-0.3, -0.25) is 0 Å². The fraction of sp³-hybridized carbons (Fsp3) is 0.333. The number of benzene rings is 1. The number of hydrogen-bond donors (Lipinski definition) is 2. The molecule has 0 radical (unpaired) electrons. The predicted octanol–water partition coefficient (Wildman–Crippen LogP) is 3.84. The van der Waals surface area contributed by atoms with Gasteiger partial charge in [-0.1, -0.05) is 21.0 Å². The molecule has 0 fully saturated rings. The molecule has 0 aliphatic heterocycles. The van der Waals surface area contributed by atoms with E-state index in [-0.39, 0.29) is 0 Å². The number of methoxy groups -OCH3 is 1. The van der Waals surface area contributed by atoms with Crippen LogP contribution < -0.4 is 10.6 Å². The molecule has 114 valence electrons. The van der Waals surface area contributed by atoms with Gasteiger partial charge in [-0.05, 0) is 44.0 Å². The third kappa shape index (κ3) is 5.03. The monoisotopic (exact) mass is 482 g/mol. The van der Waals surface area contributed by atoms with Crippen LogP contribution in [-0.4, -0.2) is 30.5 Å². The van der Waals surface area contributed by atoms with Crippen LogP contribution in [-0.2, 0) is 11.3 Å². The summed E-state index contributed by atoms with van der Waals surface area (Å²) in [4.78, 5) is 0. The van der Waals surface area contributed by atoms with Crippen LogP contribution >= 0.6 is 47.8 Å². The van der Waals surface area contributed by atoms with Crippen molar-refractivity contribution in [3.8, 4) is 0 Å². The minimum atomic E-state index is 0.335. The summed E-state index contributed by atoms with van der Waals surface area (Å²) in [5.74, 6) is 0.512. The molecule has 21 heavy (non-hydrogen) atoms. The molecule has 1 aromatic heterocycles. The number of nitrogens with zero attached hydrogens (tertiary/aromatic N) is 2. The predicted molar refractivity (Wildman–Crippen MR) is 90.7 cm³/mol. The Morgan fingerprint density at radius 1 is 1.19 bits per heavy atom. The Morgan fingerprint density at radius 3 is 2.57 bits per heavy atom. The van der Waals surface area contributed by atoms with E-state index in [9.17, 15) is 0 Å². The van der Waals surface area contributed by atoms with Crippen molar-refractivity contribution in [3.63, 3.8) is 0 Å². The van der Waals surface area contributed by atoms with Gasteiger partial charge in [0.05, 0.1) is 18.8 Å². The van der Waals surface area contributed by atoms with E-state index in [0.29, 0.717) is 25.1 Å². The summed E-state index contributed by atoms with van der Waals surface area (Å²) in [6, 6.07) is 4.19. The van der Waals surface area contributed by atoms with Gasteiger partial charge in [0.15, 0.2) is 0 Å². The van der Waals surface area contributed by atoms with Crippen molar-refractivity contribution in [1.29, 1.82) is 0 Å². The summed E-state index contributed by atoms with van der Waals surface area (Å²) in [6.45, 7) is 1.87. The fourth-order valence-corrected chi connectivity index (χ4v) is 3.97. The molecule has 0 unspecified atom stereocenters. The molecule has 0 aliphatic carbocycles. The Balaban J connectivity index is 1.99. The van der Waals surface area contributed by atoms with Gasteiger partial charge in [-0.15, -0.1) is 5.10 Å². The minimum absolute atomic E-state index is 0.335. The summed E-state index contributed by atoms with van der Waals surface area (Å²) < 4.78 is 13.2. The number of halogens is 3. The fourth-order valence-electron chi connectivity index (χ4n) is 1.51. The van der Waals surface area contributed by atoms with Crippen LogP contribution in [0.15, 0.2) is 30.0 Å². The molecule has 0 bridgehead atoms. The quantitative estimate of drug-likeness (QED) is 0.582. The van der Waals surface area contributed by atoms with Crippen LogP contribution in [0, 0.1) is 0 Å². The number of aromatic nitrogens is 2. The Hall–Kier alpha value is -0.480. The van der Waals surface area contributed by atoms with Crippen LogP contribution in [0.2, 0.25) is 0 Å². The Kier molecular flexibility index (Phi) is 6.62. The molecule has 2 N–H and O–H groups in total. The summed E-state index contributed by atoms with van der Waals surface area (Å²) in [7, 11) is 1.66. The molecule has 9 heteroatoms. The molecule has 2 aromatic rings. The normalized spacial score (nSPS) is 10.9. The lowest BCUT2D eigenvalue weighted by Crippen LogP contribution is -2.18. The molecular formula is C12H13Br3N4O2. The van der Waals surface area contributed by atoms with E-state index in [1.54, 1.807) is 7.11 Å². The number of nitrogens with one attached hydrogen (secondary N) is 2. The molecule has 1 aromatic carbocycles. The molecule has 0 saturated carbocycles. The largest absolute Gasteiger partial charge is 0.406 e. The summed E-state index contributed by atoms with van der Waals surface area (Å²) in [5.41, 5.74) is 0.820. The number of hydrogen-bond acceptors (Lipinski definition) is 6. The second-order valence-electron chi connectivity index (χ2n) is 4.04. The van der Waals surface area contributed by atoms with Crippen molar-refractivity contribution in [2.75, 3.05) is 25.6 Å². The molecule has 6 nitrogen and oxygen atoms in total. The van der Waals surface area contributed by atoms with E-state index in [1.807, 2.05) is 12.1 Å². The van der Waals surface area contributed by atoms with Crippen LogP contribution in [0.1, 0.15) is 5.89 Å². The first-order valence-corrected chi connectivity index (χ1v) is 8.41. The zero-order valence-corrected chi connectivity index (χ0v) is 15.9. The minimum Gasteiger partial charge on any atom is -0.406 e. The zero-order valence-electron chi connectivity index (χ0n) is 11.1. The van der Waals surface area contributed by atoms with Crippen LogP contribution in [0.25, 0.3) is 0 Å². The standard InChI is InChI=1S/C12H13Br3N4O2/c1-20-3-2-16-6-10-18-19-12(21-10)17-11-8(14)4-7(13)5-9(11)15/h4-5,16H,2-3,6H2,1H3,(H,17,19). The van der Waals surface area contributed by atoms with Gasteiger partial charge in [0.1, 0.15) is 0 Å². The highest BCUT2D eigenvalue weighted by molar-refractivity contribution is 9.11. The average Bonchev–Trinajstić information content (AvgIpc) is 2.87. The van der Waals surface area contributed by atoms with Crippen molar-refractivity contribution in [2.24, 2.45) is 0 Å². The molecule has 2 rings (SSSR count). The maximum absolute atomic E-state index is 5.52. The summed E-state index contributed by atoms with van der Waals surface area (Å²) in [5, 5.41) is 14.1. The average molecular weight is 485 g/mol. The van der Waals surface area contributed by atoms with Gasteiger partial charge in [-0.25, -0.2) is 0 Å². The number of rotatable bonds is 7. The van der Waals surface area contributed by atoms with Gasteiger partial charge >= 0.3 is 6.01 Å². The SMILES string of the molecule is COCCNCc1nnc(Nc2c(Br)cc(Br)cc2Br)o1. The van der Waals surface area contributed by atoms with Gasteiger partial charge in [-0.2, -0.15) is 0 Å². The topological polar surface area (TPSA) is 72.2 Å². The Bertz CT molecular complexity index is 583. The van der Waals surface area contributed by atoms with Crippen molar-refractivity contribution < 1.29 is 9.15 Å². The third-order valence-electron chi connectivity index (χ3n) is 2.46. The van der Waals surface area contributed by atoms with Crippen LogP contribution in [0.3, 0.4) is 0 Å². The highest BCUT2D eigenvalue weighted by atomic mass is 79.9. The lowest BCUT2D eigenvalue weighted by atomic mass is 10.3. The first-order valence-electron chi connectivity index (χ1n) is 6.03. The van der Waals surface area contributed by atoms with Crippen molar-refractivity contribution >= 4 is 59.5 Å². The van der Waals surface area contributed by atoms with E-state index >= 15 is 0 Å². The molecule has 0 amide bonds. The van der Waals surface area contributed by atoms with Crippen molar-refractivity contribution in [1.82, 2.24) is 15.5 Å². The smallest absolute Gasteiger partial charge is 0.320 e. The maximum Gasteiger partial charge on any atom is 0.320 e. The first-order chi connectivity index (χ1) is 10.1. The van der Waals surface area contributed by atoms with E-state index in [0.717, 1.165) is 25.7 Å². The molecule has 0 spiro atoms. The summed E-state index contributed by atoms with van der Waals surface area (Å²) >= 11 is 10.4. The molecule has 0 atom stereocenters. The summed E-state index contributed by atoms with van der Waals surface area (Å²) in [6.07, 6.45) is 0. The zero-order chi connectivity index (χ0) is 15.2. The van der Waals surface area contributed by atoms with Gasteiger partial charge < -0.3 is 19.8 Å². The Labute approximate surface area is 147 Å². The van der Waals surface area contributed by atoms with Crippen molar-refractivity contribution in [3.05, 3.63) is 31.4 Å². The van der Waals surface area contributed by atoms with Crippen molar-refractivity contribution in [2.45, 2.75) is 6.54 Å².